The van der Waals surface area contributed by atoms with E-state index in [0.29, 0.717) is 6.07 Å². The highest BCUT2D eigenvalue weighted by Crippen LogP contribution is 2.31. The summed E-state index contributed by atoms with van der Waals surface area (Å²) in [6.07, 6.45) is -7.38. The minimum atomic E-state index is -4.77. The van der Waals surface area contributed by atoms with Crippen molar-refractivity contribution < 1.29 is 44.2 Å². The number of hydrogen-bond acceptors (Lipinski definition) is 6. The number of alkyl halides is 6. The zero-order valence-corrected chi connectivity index (χ0v) is 15.4. The van der Waals surface area contributed by atoms with E-state index in [0.717, 1.165) is 12.1 Å². The Kier molecular flexibility index (Phi) is 6.74. The molecule has 0 spiro atoms. The first-order valence-corrected chi connectivity index (χ1v) is 9.47. The molecule has 7 nitrogen and oxygen atoms in total. The number of ether oxygens (including phenoxy) is 2. The number of hydrogen-bond donors (Lipinski definition) is 1. The zero-order chi connectivity index (χ0) is 21.9. The van der Waals surface area contributed by atoms with Crippen LogP contribution in [0.4, 0.5) is 26.3 Å². The fraction of sp³-hybridized carbons (Fsp3) is 0.533. The van der Waals surface area contributed by atoms with E-state index < -0.39 is 58.0 Å². The van der Waals surface area contributed by atoms with Gasteiger partial charge in [-0.25, -0.2) is 13.1 Å². The van der Waals surface area contributed by atoms with E-state index in [4.69, 9.17) is 5.26 Å². The summed E-state index contributed by atoms with van der Waals surface area (Å²) in [5.41, 5.74) is 0. The second-order valence-corrected chi connectivity index (χ2v) is 7.75. The molecule has 1 saturated heterocycles. The predicted octanol–water partition coefficient (Wildman–Crippen LogP) is 2.40. The molecular formula is C15H15F6N3O4S. The van der Waals surface area contributed by atoms with Crippen molar-refractivity contribution in [2.24, 2.45) is 0 Å². The summed E-state index contributed by atoms with van der Waals surface area (Å²) in [5.74, 6) is -1.23. The van der Waals surface area contributed by atoms with Crippen LogP contribution in [-0.2, 0) is 10.0 Å². The molecule has 162 valence electrons. The Morgan fingerprint density at radius 1 is 1.14 bits per heavy atom. The molecule has 0 bridgehead atoms. The van der Waals surface area contributed by atoms with E-state index in [-0.39, 0.29) is 19.5 Å². The third-order valence-electron chi connectivity index (χ3n) is 3.65. The number of rotatable bonds is 7. The van der Waals surface area contributed by atoms with Crippen LogP contribution in [0.25, 0.3) is 0 Å². The maximum absolute atomic E-state index is 12.6. The molecule has 0 amide bonds. The van der Waals surface area contributed by atoms with Crippen molar-refractivity contribution in [3.05, 3.63) is 18.2 Å². The summed E-state index contributed by atoms with van der Waals surface area (Å²) in [5, 5.41) is 8.81. The van der Waals surface area contributed by atoms with Gasteiger partial charge in [0.15, 0.2) is 19.4 Å². The van der Waals surface area contributed by atoms with Gasteiger partial charge in [0.2, 0.25) is 10.0 Å². The first kappa shape index (κ1) is 22.9. The van der Waals surface area contributed by atoms with Crippen molar-refractivity contribution in [3.63, 3.8) is 0 Å². The number of sulfonamides is 1. The molecule has 14 heteroatoms. The first-order valence-electron chi connectivity index (χ1n) is 7.99. The van der Waals surface area contributed by atoms with Gasteiger partial charge in [-0.2, -0.15) is 31.6 Å². The van der Waals surface area contributed by atoms with Crippen molar-refractivity contribution in [1.82, 2.24) is 9.62 Å². The number of halogens is 6. The van der Waals surface area contributed by atoms with Crippen molar-refractivity contribution in [3.8, 4) is 17.7 Å². The Bertz CT molecular complexity index is 866. The van der Waals surface area contributed by atoms with Gasteiger partial charge in [0.05, 0.1) is 0 Å². The van der Waals surface area contributed by atoms with Crippen LogP contribution in [0.2, 0.25) is 0 Å². The Morgan fingerprint density at radius 3 is 2.31 bits per heavy atom. The molecular weight excluding hydrogens is 432 g/mol. The molecule has 1 aliphatic heterocycles. The van der Waals surface area contributed by atoms with Crippen LogP contribution in [0, 0.1) is 11.5 Å². The lowest BCUT2D eigenvalue weighted by molar-refractivity contribution is -0.154. The molecule has 1 aromatic carbocycles. The highest BCUT2D eigenvalue weighted by Gasteiger charge is 2.33. The summed E-state index contributed by atoms with van der Waals surface area (Å²) in [4.78, 5) is 0.466. The van der Waals surface area contributed by atoms with Crippen LogP contribution in [-0.4, -0.2) is 58.0 Å². The molecule has 1 unspecified atom stereocenters. The Labute approximate surface area is 161 Å². The fourth-order valence-corrected chi connectivity index (χ4v) is 3.88. The molecule has 2 rings (SSSR count). The van der Waals surface area contributed by atoms with Crippen LogP contribution in [0.3, 0.4) is 0 Å². The summed E-state index contributed by atoms with van der Waals surface area (Å²) in [7, 11) is -4.49. The normalized spacial score (nSPS) is 17.8. The van der Waals surface area contributed by atoms with E-state index in [1.165, 1.54) is 4.90 Å². The van der Waals surface area contributed by atoms with Gasteiger partial charge in [-0.1, -0.05) is 0 Å². The highest BCUT2D eigenvalue weighted by atomic mass is 32.2. The van der Waals surface area contributed by atoms with Crippen LogP contribution in [0.1, 0.15) is 6.42 Å². The van der Waals surface area contributed by atoms with E-state index in [2.05, 4.69) is 14.2 Å². The second kappa shape index (κ2) is 8.54. The third-order valence-corrected chi connectivity index (χ3v) is 5.19. The molecule has 0 aliphatic carbocycles. The van der Waals surface area contributed by atoms with Crippen molar-refractivity contribution in [2.75, 3.05) is 26.3 Å². The van der Waals surface area contributed by atoms with E-state index >= 15 is 0 Å². The molecule has 0 aromatic heterocycles. The molecule has 1 N–H and O–H groups in total. The van der Waals surface area contributed by atoms with E-state index in [9.17, 15) is 34.8 Å². The van der Waals surface area contributed by atoms with Gasteiger partial charge in [0, 0.05) is 25.2 Å². The average Bonchev–Trinajstić information content (AvgIpc) is 3.04. The summed E-state index contributed by atoms with van der Waals surface area (Å²) < 4.78 is 111. The van der Waals surface area contributed by atoms with Crippen LogP contribution >= 0.6 is 0 Å². The molecule has 0 saturated carbocycles. The number of nitrogens with zero attached hydrogens (tertiary/aromatic N) is 2. The molecule has 1 aliphatic rings. The smallest absolute Gasteiger partial charge is 0.422 e. The summed E-state index contributed by atoms with van der Waals surface area (Å²) >= 11 is 0. The van der Waals surface area contributed by atoms with Crippen molar-refractivity contribution >= 4 is 10.0 Å². The minimum absolute atomic E-state index is 0.0404. The molecule has 29 heavy (non-hydrogen) atoms. The molecule has 1 heterocycles. The van der Waals surface area contributed by atoms with Gasteiger partial charge in [-0.05, 0) is 18.6 Å². The molecule has 1 atom stereocenters. The van der Waals surface area contributed by atoms with E-state index in [1.807, 2.05) is 6.19 Å². The third kappa shape index (κ3) is 7.17. The van der Waals surface area contributed by atoms with Crippen LogP contribution < -0.4 is 14.2 Å². The topological polar surface area (TPSA) is 91.7 Å². The van der Waals surface area contributed by atoms with Crippen LogP contribution in [0.5, 0.6) is 11.5 Å². The lowest BCUT2D eigenvalue weighted by Crippen LogP contribution is -2.36. The van der Waals surface area contributed by atoms with Gasteiger partial charge in [-0.15, -0.1) is 0 Å². The SMILES string of the molecule is N#CN1CCC(NS(=O)(=O)c2cc(OCC(F)(F)F)ccc2OCC(F)(F)F)C1. The average molecular weight is 447 g/mol. The standard InChI is InChI=1S/C15H15F6N3O4S/c16-14(17,18)7-27-11-1-2-12(28-8-15(19,20)21)13(5-11)29(25,26)23-10-3-4-24(6-10)9-22/h1-2,5,10,23H,3-4,6-8H2. The minimum Gasteiger partial charge on any atom is -0.484 e. The largest absolute Gasteiger partial charge is 0.484 e. The quantitative estimate of drug-likeness (QED) is 0.510. The van der Waals surface area contributed by atoms with Gasteiger partial charge in [0.1, 0.15) is 16.4 Å². The number of nitriles is 1. The Balaban J connectivity index is 2.29. The molecule has 1 fully saturated rings. The number of likely N-dealkylation sites (tertiary alicyclic amines) is 1. The molecule has 0 radical (unpaired) electrons. The van der Waals surface area contributed by atoms with Gasteiger partial charge < -0.3 is 14.4 Å². The second-order valence-electron chi connectivity index (χ2n) is 6.07. The summed E-state index contributed by atoms with van der Waals surface area (Å²) in [6, 6.07) is 1.58. The highest BCUT2D eigenvalue weighted by molar-refractivity contribution is 7.89. The molecule has 1 aromatic rings. The fourth-order valence-electron chi connectivity index (χ4n) is 2.46. The van der Waals surface area contributed by atoms with Gasteiger partial charge in [-0.3, -0.25) is 0 Å². The van der Waals surface area contributed by atoms with E-state index in [1.54, 1.807) is 0 Å². The predicted molar refractivity (Wildman–Crippen MR) is 85.5 cm³/mol. The van der Waals surface area contributed by atoms with Crippen molar-refractivity contribution in [1.29, 1.82) is 5.26 Å². The summed E-state index contributed by atoms with van der Waals surface area (Å²) in [6.45, 7) is -3.21. The Morgan fingerprint density at radius 2 is 1.76 bits per heavy atom. The van der Waals surface area contributed by atoms with Crippen molar-refractivity contribution in [2.45, 2.75) is 29.7 Å². The lowest BCUT2D eigenvalue weighted by atomic mass is 10.3. The maximum Gasteiger partial charge on any atom is 0.422 e. The zero-order valence-electron chi connectivity index (χ0n) is 14.5. The Hall–Kier alpha value is -2.40. The van der Waals surface area contributed by atoms with Gasteiger partial charge in [0.25, 0.3) is 0 Å². The first-order chi connectivity index (χ1) is 13.3. The number of nitrogens with one attached hydrogen (secondary N) is 1. The lowest BCUT2D eigenvalue weighted by Gasteiger charge is -2.18. The monoisotopic (exact) mass is 447 g/mol. The van der Waals surface area contributed by atoms with Gasteiger partial charge >= 0.3 is 12.4 Å². The number of benzene rings is 1. The maximum atomic E-state index is 12.6. The van der Waals surface area contributed by atoms with Crippen LogP contribution in [0.15, 0.2) is 23.1 Å².